The SMILES string of the molecule is CCCNc1ccccc1C(=O)NC(C)c1ccco1. The number of benzene rings is 1. The minimum Gasteiger partial charge on any atom is -0.467 e. The lowest BCUT2D eigenvalue weighted by Gasteiger charge is -2.14. The molecule has 106 valence electrons. The second-order valence-corrected chi connectivity index (χ2v) is 4.68. The number of rotatable bonds is 6. The van der Waals surface area contributed by atoms with Crippen molar-refractivity contribution in [3.63, 3.8) is 0 Å². The summed E-state index contributed by atoms with van der Waals surface area (Å²) in [5.74, 6) is 0.644. The van der Waals surface area contributed by atoms with Crippen LogP contribution >= 0.6 is 0 Å². The first kappa shape index (κ1) is 14.2. The van der Waals surface area contributed by atoms with Crippen LogP contribution in [0.3, 0.4) is 0 Å². The lowest BCUT2D eigenvalue weighted by Crippen LogP contribution is -2.27. The number of nitrogens with one attached hydrogen (secondary N) is 2. The van der Waals surface area contributed by atoms with Gasteiger partial charge in [0, 0.05) is 12.2 Å². The Labute approximate surface area is 119 Å². The van der Waals surface area contributed by atoms with Crippen LogP contribution in [0.5, 0.6) is 0 Å². The van der Waals surface area contributed by atoms with Crippen LogP contribution in [0.2, 0.25) is 0 Å². The Morgan fingerprint density at radius 1 is 1.25 bits per heavy atom. The fourth-order valence-electron chi connectivity index (χ4n) is 1.98. The van der Waals surface area contributed by atoms with Gasteiger partial charge in [0.05, 0.1) is 17.9 Å². The minimum atomic E-state index is -0.156. The van der Waals surface area contributed by atoms with Crippen molar-refractivity contribution in [1.82, 2.24) is 5.32 Å². The summed E-state index contributed by atoms with van der Waals surface area (Å²) in [5, 5.41) is 6.21. The molecule has 2 N–H and O–H groups in total. The first-order valence-electron chi connectivity index (χ1n) is 6.89. The van der Waals surface area contributed by atoms with E-state index >= 15 is 0 Å². The Kier molecular flexibility index (Phi) is 4.82. The molecule has 0 spiro atoms. The highest BCUT2D eigenvalue weighted by Gasteiger charge is 2.15. The van der Waals surface area contributed by atoms with Crippen molar-refractivity contribution in [3.8, 4) is 0 Å². The van der Waals surface area contributed by atoms with Crippen LogP contribution in [0.1, 0.15) is 42.4 Å². The third-order valence-electron chi connectivity index (χ3n) is 3.05. The molecule has 0 fully saturated rings. The summed E-state index contributed by atoms with van der Waals surface area (Å²) in [6.07, 6.45) is 2.62. The topological polar surface area (TPSA) is 54.3 Å². The van der Waals surface area contributed by atoms with E-state index in [9.17, 15) is 4.79 Å². The van der Waals surface area contributed by atoms with E-state index in [-0.39, 0.29) is 11.9 Å². The number of amides is 1. The number of furan rings is 1. The van der Waals surface area contributed by atoms with Crippen molar-refractivity contribution in [2.45, 2.75) is 26.3 Å². The Hall–Kier alpha value is -2.23. The zero-order chi connectivity index (χ0) is 14.4. The van der Waals surface area contributed by atoms with Crippen LogP contribution in [0.15, 0.2) is 47.1 Å². The lowest BCUT2D eigenvalue weighted by molar-refractivity contribution is 0.0936. The van der Waals surface area contributed by atoms with E-state index in [0.29, 0.717) is 5.56 Å². The number of carbonyl (C=O) groups excluding carboxylic acids is 1. The number of para-hydroxylation sites is 1. The highest BCUT2D eigenvalue weighted by atomic mass is 16.3. The summed E-state index contributed by atoms with van der Waals surface area (Å²) in [7, 11) is 0. The van der Waals surface area contributed by atoms with Gasteiger partial charge >= 0.3 is 0 Å². The third-order valence-corrected chi connectivity index (χ3v) is 3.05. The van der Waals surface area contributed by atoms with Gasteiger partial charge in [-0.2, -0.15) is 0 Å². The van der Waals surface area contributed by atoms with E-state index in [1.165, 1.54) is 0 Å². The summed E-state index contributed by atoms with van der Waals surface area (Å²) in [6.45, 7) is 4.84. The molecule has 0 aliphatic heterocycles. The monoisotopic (exact) mass is 272 g/mol. The Morgan fingerprint density at radius 3 is 2.75 bits per heavy atom. The van der Waals surface area contributed by atoms with Gasteiger partial charge in [-0.1, -0.05) is 19.1 Å². The highest BCUT2D eigenvalue weighted by molar-refractivity contribution is 5.99. The second kappa shape index (κ2) is 6.80. The van der Waals surface area contributed by atoms with Gasteiger partial charge in [0.2, 0.25) is 0 Å². The normalized spacial score (nSPS) is 11.9. The molecule has 2 rings (SSSR count). The first-order valence-corrected chi connectivity index (χ1v) is 6.89. The van der Waals surface area contributed by atoms with Crippen molar-refractivity contribution >= 4 is 11.6 Å². The van der Waals surface area contributed by atoms with Crippen molar-refractivity contribution in [1.29, 1.82) is 0 Å². The van der Waals surface area contributed by atoms with Gasteiger partial charge in [0.15, 0.2) is 0 Å². The number of carbonyl (C=O) groups is 1. The van der Waals surface area contributed by atoms with E-state index in [4.69, 9.17) is 4.42 Å². The first-order chi connectivity index (χ1) is 9.72. The molecule has 1 heterocycles. The maximum atomic E-state index is 12.3. The lowest BCUT2D eigenvalue weighted by atomic mass is 10.1. The summed E-state index contributed by atoms with van der Waals surface area (Å²) in [5.41, 5.74) is 1.51. The van der Waals surface area contributed by atoms with Gasteiger partial charge in [-0.15, -0.1) is 0 Å². The van der Waals surface area contributed by atoms with Crippen LogP contribution in [0.4, 0.5) is 5.69 Å². The van der Waals surface area contributed by atoms with Crippen LogP contribution in [0.25, 0.3) is 0 Å². The third kappa shape index (κ3) is 3.41. The maximum absolute atomic E-state index is 12.3. The van der Waals surface area contributed by atoms with Gasteiger partial charge in [0.1, 0.15) is 5.76 Å². The van der Waals surface area contributed by atoms with E-state index in [2.05, 4.69) is 17.6 Å². The molecule has 0 saturated carbocycles. The molecule has 0 saturated heterocycles. The molecule has 1 atom stereocenters. The fourth-order valence-corrected chi connectivity index (χ4v) is 1.98. The fraction of sp³-hybridized carbons (Fsp3) is 0.312. The van der Waals surface area contributed by atoms with Crippen LogP contribution in [-0.2, 0) is 0 Å². The molecule has 4 heteroatoms. The molecule has 1 amide bonds. The predicted molar refractivity (Wildman–Crippen MR) is 79.8 cm³/mol. The standard InChI is InChI=1S/C16H20N2O2/c1-3-10-17-14-8-5-4-7-13(14)16(19)18-12(2)15-9-6-11-20-15/h4-9,11-12,17H,3,10H2,1-2H3,(H,18,19). The van der Waals surface area contributed by atoms with Crippen LogP contribution in [0, 0.1) is 0 Å². The average Bonchev–Trinajstić information content (AvgIpc) is 2.99. The van der Waals surface area contributed by atoms with E-state index in [0.717, 1.165) is 24.4 Å². The van der Waals surface area contributed by atoms with Crippen molar-refractivity contribution in [3.05, 3.63) is 54.0 Å². The van der Waals surface area contributed by atoms with Gasteiger partial charge in [-0.25, -0.2) is 0 Å². The van der Waals surface area contributed by atoms with Crippen LogP contribution < -0.4 is 10.6 Å². The molecule has 2 aromatic rings. The molecule has 1 aromatic heterocycles. The Morgan fingerprint density at radius 2 is 2.05 bits per heavy atom. The van der Waals surface area contributed by atoms with Crippen molar-refractivity contribution in [2.24, 2.45) is 0 Å². The maximum Gasteiger partial charge on any atom is 0.253 e. The minimum absolute atomic E-state index is 0.104. The molecule has 4 nitrogen and oxygen atoms in total. The largest absolute Gasteiger partial charge is 0.467 e. The summed E-state index contributed by atoms with van der Waals surface area (Å²) >= 11 is 0. The molecular weight excluding hydrogens is 252 g/mol. The van der Waals surface area contributed by atoms with Gasteiger partial charge in [-0.3, -0.25) is 4.79 Å². The van der Waals surface area contributed by atoms with Crippen molar-refractivity contribution in [2.75, 3.05) is 11.9 Å². The molecule has 20 heavy (non-hydrogen) atoms. The van der Waals surface area contributed by atoms with E-state index in [1.807, 2.05) is 43.3 Å². The Balaban J connectivity index is 2.09. The molecule has 0 bridgehead atoms. The van der Waals surface area contributed by atoms with Crippen molar-refractivity contribution < 1.29 is 9.21 Å². The smallest absolute Gasteiger partial charge is 0.253 e. The van der Waals surface area contributed by atoms with Crippen LogP contribution in [-0.4, -0.2) is 12.5 Å². The molecule has 0 aliphatic carbocycles. The van der Waals surface area contributed by atoms with Gasteiger partial charge < -0.3 is 15.1 Å². The summed E-state index contributed by atoms with van der Waals surface area (Å²) in [4.78, 5) is 12.3. The summed E-state index contributed by atoms with van der Waals surface area (Å²) in [6, 6.07) is 11.0. The molecule has 0 aliphatic rings. The second-order valence-electron chi connectivity index (χ2n) is 4.68. The summed E-state index contributed by atoms with van der Waals surface area (Å²) < 4.78 is 5.30. The molecule has 1 unspecified atom stereocenters. The Bertz CT molecular complexity index is 549. The average molecular weight is 272 g/mol. The molecule has 0 radical (unpaired) electrons. The van der Waals surface area contributed by atoms with Gasteiger partial charge in [-0.05, 0) is 37.6 Å². The highest BCUT2D eigenvalue weighted by Crippen LogP contribution is 2.18. The van der Waals surface area contributed by atoms with E-state index < -0.39 is 0 Å². The molecular formula is C16H20N2O2. The number of hydrogen-bond acceptors (Lipinski definition) is 3. The van der Waals surface area contributed by atoms with Gasteiger partial charge in [0.25, 0.3) is 5.91 Å². The number of anilines is 1. The predicted octanol–water partition coefficient (Wildman–Crippen LogP) is 3.59. The zero-order valence-electron chi connectivity index (χ0n) is 11.8. The quantitative estimate of drug-likeness (QED) is 0.845. The van der Waals surface area contributed by atoms with E-state index in [1.54, 1.807) is 6.26 Å². The number of hydrogen-bond donors (Lipinski definition) is 2. The zero-order valence-corrected chi connectivity index (χ0v) is 11.8. The molecule has 1 aromatic carbocycles.